The lowest BCUT2D eigenvalue weighted by Gasteiger charge is -2.02. The van der Waals surface area contributed by atoms with E-state index in [0.29, 0.717) is 12.3 Å². The normalized spacial score (nSPS) is 11.6. The maximum atomic E-state index is 12.3. The first-order valence-electron chi connectivity index (χ1n) is 7.85. The van der Waals surface area contributed by atoms with Gasteiger partial charge in [-0.05, 0) is 46.5 Å². The Balaban J connectivity index is 1.61. The Morgan fingerprint density at radius 1 is 0.960 bits per heavy atom. The van der Waals surface area contributed by atoms with Crippen molar-refractivity contribution in [2.45, 2.75) is 18.6 Å². The van der Waals surface area contributed by atoms with Crippen LogP contribution in [0.25, 0.3) is 11.5 Å². The summed E-state index contributed by atoms with van der Waals surface area (Å²) in [6.45, 7) is 0. The van der Waals surface area contributed by atoms with E-state index in [4.69, 9.17) is 4.42 Å². The summed E-state index contributed by atoms with van der Waals surface area (Å²) in [6, 6.07) is 17.3. The largest absolute Gasteiger partial charge is 0.420 e. The fraction of sp³-hybridized carbons (Fsp3) is 0.222. The maximum absolute atomic E-state index is 12.3. The quantitative estimate of drug-likeness (QED) is 0.576. The standard InChI is InChI=1S/C18H17BrN2O3S/c19-16-11-5-4-10-15(16)18-21-20-17(24-18)13-25(22,23)12-6-9-14-7-2-1-3-8-14/h1-5,7-8,10-11H,6,9,12-13H2. The van der Waals surface area contributed by atoms with E-state index in [1.807, 2.05) is 54.6 Å². The van der Waals surface area contributed by atoms with E-state index in [0.717, 1.165) is 22.0 Å². The molecule has 0 saturated carbocycles. The first kappa shape index (κ1) is 17.8. The Labute approximate surface area is 155 Å². The number of sulfone groups is 1. The highest BCUT2D eigenvalue weighted by Crippen LogP contribution is 2.27. The molecule has 5 nitrogen and oxygen atoms in total. The van der Waals surface area contributed by atoms with Crippen LogP contribution in [0.5, 0.6) is 0 Å². The van der Waals surface area contributed by atoms with Gasteiger partial charge in [-0.3, -0.25) is 0 Å². The van der Waals surface area contributed by atoms with E-state index in [2.05, 4.69) is 26.1 Å². The summed E-state index contributed by atoms with van der Waals surface area (Å²) in [5.41, 5.74) is 1.87. The zero-order chi connectivity index (χ0) is 17.7. The van der Waals surface area contributed by atoms with Gasteiger partial charge in [-0.1, -0.05) is 42.5 Å². The summed E-state index contributed by atoms with van der Waals surface area (Å²) in [4.78, 5) is 0. The van der Waals surface area contributed by atoms with Crippen LogP contribution >= 0.6 is 15.9 Å². The number of nitrogens with zero attached hydrogens (tertiary/aromatic N) is 2. The summed E-state index contributed by atoms with van der Waals surface area (Å²) in [5, 5.41) is 7.82. The summed E-state index contributed by atoms with van der Waals surface area (Å²) >= 11 is 3.41. The van der Waals surface area contributed by atoms with Crippen LogP contribution in [0.1, 0.15) is 17.9 Å². The van der Waals surface area contributed by atoms with Gasteiger partial charge < -0.3 is 4.42 Å². The van der Waals surface area contributed by atoms with Gasteiger partial charge in [0.2, 0.25) is 11.8 Å². The molecule has 0 unspecified atom stereocenters. The Morgan fingerprint density at radius 3 is 2.44 bits per heavy atom. The highest BCUT2D eigenvalue weighted by molar-refractivity contribution is 9.10. The van der Waals surface area contributed by atoms with Gasteiger partial charge in [-0.25, -0.2) is 8.42 Å². The third kappa shape index (κ3) is 4.99. The molecule has 3 aromatic rings. The lowest BCUT2D eigenvalue weighted by molar-refractivity contribution is 0.517. The minimum atomic E-state index is -3.29. The highest BCUT2D eigenvalue weighted by Gasteiger charge is 2.18. The summed E-state index contributed by atoms with van der Waals surface area (Å²) in [7, 11) is -3.29. The molecule has 0 spiro atoms. The molecule has 0 fully saturated rings. The van der Waals surface area contributed by atoms with Gasteiger partial charge in [0.05, 0.1) is 11.3 Å². The number of hydrogen-bond donors (Lipinski definition) is 0. The van der Waals surface area contributed by atoms with Crippen LogP contribution in [0, 0.1) is 0 Å². The average molecular weight is 421 g/mol. The molecule has 0 aliphatic heterocycles. The third-order valence-electron chi connectivity index (χ3n) is 3.68. The molecule has 0 amide bonds. The molecule has 0 saturated heterocycles. The molecule has 25 heavy (non-hydrogen) atoms. The van der Waals surface area contributed by atoms with E-state index in [-0.39, 0.29) is 17.4 Å². The predicted octanol–water partition coefficient (Wildman–Crippen LogP) is 4.05. The molecule has 1 heterocycles. The fourth-order valence-corrected chi connectivity index (χ4v) is 4.13. The lowest BCUT2D eigenvalue weighted by atomic mass is 10.1. The minimum absolute atomic E-state index is 0.0919. The molecule has 0 bridgehead atoms. The Kier molecular flexibility index (Phi) is 5.65. The first-order valence-corrected chi connectivity index (χ1v) is 10.5. The second-order valence-electron chi connectivity index (χ2n) is 5.66. The van der Waals surface area contributed by atoms with Crippen molar-refractivity contribution in [2.75, 3.05) is 5.75 Å². The number of rotatable bonds is 7. The van der Waals surface area contributed by atoms with E-state index >= 15 is 0 Å². The van der Waals surface area contributed by atoms with Gasteiger partial charge >= 0.3 is 0 Å². The topological polar surface area (TPSA) is 73.1 Å². The molecule has 0 atom stereocenters. The monoisotopic (exact) mass is 420 g/mol. The molecule has 0 N–H and O–H groups in total. The van der Waals surface area contributed by atoms with Crippen molar-refractivity contribution in [3.8, 4) is 11.5 Å². The molecule has 0 aliphatic rings. The van der Waals surface area contributed by atoms with E-state index < -0.39 is 9.84 Å². The summed E-state index contributed by atoms with van der Waals surface area (Å²) < 4.78 is 30.9. The molecule has 1 aromatic heterocycles. The first-order chi connectivity index (χ1) is 12.0. The van der Waals surface area contributed by atoms with Crippen molar-refractivity contribution in [2.24, 2.45) is 0 Å². The van der Waals surface area contributed by atoms with Gasteiger partial charge in [0.15, 0.2) is 9.84 Å². The van der Waals surface area contributed by atoms with Crippen LogP contribution in [0.15, 0.2) is 63.5 Å². The molecule has 130 valence electrons. The molecule has 7 heteroatoms. The average Bonchev–Trinajstić information content (AvgIpc) is 3.03. The van der Waals surface area contributed by atoms with E-state index in [9.17, 15) is 8.42 Å². The maximum Gasteiger partial charge on any atom is 0.248 e. The van der Waals surface area contributed by atoms with Crippen LogP contribution in [0.4, 0.5) is 0 Å². The number of halogens is 1. The Morgan fingerprint density at radius 2 is 1.68 bits per heavy atom. The number of hydrogen-bond acceptors (Lipinski definition) is 5. The highest BCUT2D eigenvalue weighted by atomic mass is 79.9. The van der Waals surface area contributed by atoms with Crippen LogP contribution in [0.3, 0.4) is 0 Å². The molecular formula is C18H17BrN2O3S. The summed E-state index contributed by atoms with van der Waals surface area (Å²) in [5.74, 6) is 0.279. The van der Waals surface area contributed by atoms with Gasteiger partial charge in [0.25, 0.3) is 0 Å². The molecule has 3 rings (SSSR count). The van der Waals surface area contributed by atoms with Crippen molar-refractivity contribution in [3.05, 3.63) is 70.5 Å². The van der Waals surface area contributed by atoms with Crippen molar-refractivity contribution < 1.29 is 12.8 Å². The van der Waals surface area contributed by atoms with Gasteiger partial charge in [0, 0.05) is 4.47 Å². The molecular weight excluding hydrogens is 404 g/mol. The second-order valence-corrected chi connectivity index (χ2v) is 8.70. The van der Waals surface area contributed by atoms with Crippen LogP contribution in [-0.4, -0.2) is 24.4 Å². The smallest absolute Gasteiger partial charge is 0.248 e. The molecule has 0 aliphatic carbocycles. The van der Waals surface area contributed by atoms with Gasteiger partial charge in [-0.2, -0.15) is 0 Å². The zero-order valence-corrected chi connectivity index (χ0v) is 15.8. The Bertz CT molecular complexity index is 940. The van der Waals surface area contributed by atoms with Crippen molar-refractivity contribution in [1.82, 2.24) is 10.2 Å². The Hall–Kier alpha value is -1.99. The van der Waals surface area contributed by atoms with Crippen LogP contribution in [-0.2, 0) is 22.0 Å². The number of aryl methyl sites for hydroxylation is 1. The van der Waals surface area contributed by atoms with Gasteiger partial charge in [-0.15, -0.1) is 10.2 Å². The fourth-order valence-electron chi connectivity index (χ4n) is 2.46. The van der Waals surface area contributed by atoms with Crippen molar-refractivity contribution >= 4 is 25.8 Å². The van der Waals surface area contributed by atoms with Crippen molar-refractivity contribution in [3.63, 3.8) is 0 Å². The van der Waals surface area contributed by atoms with Gasteiger partial charge in [0.1, 0.15) is 5.75 Å². The summed E-state index contributed by atoms with van der Waals surface area (Å²) in [6.07, 6.45) is 1.30. The second kappa shape index (κ2) is 7.93. The molecule has 2 aromatic carbocycles. The van der Waals surface area contributed by atoms with E-state index in [1.54, 1.807) is 0 Å². The van der Waals surface area contributed by atoms with Crippen LogP contribution < -0.4 is 0 Å². The minimum Gasteiger partial charge on any atom is -0.420 e. The number of benzene rings is 2. The molecule has 0 radical (unpaired) electrons. The number of aromatic nitrogens is 2. The predicted molar refractivity (Wildman–Crippen MR) is 99.7 cm³/mol. The van der Waals surface area contributed by atoms with E-state index in [1.165, 1.54) is 0 Å². The van der Waals surface area contributed by atoms with Crippen molar-refractivity contribution in [1.29, 1.82) is 0 Å². The lowest BCUT2D eigenvalue weighted by Crippen LogP contribution is -2.10. The zero-order valence-electron chi connectivity index (χ0n) is 13.4. The van der Waals surface area contributed by atoms with Crippen LogP contribution in [0.2, 0.25) is 0 Å². The SMILES string of the molecule is O=S(=O)(CCCc1ccccc1)Cc1nnc(-c2ccccc2Br)o1. The third-order valence-corrected chi connectivity index (χ3v) is 5.97.